The van der Waals surface area contributed by atoms with Crippen molar-refractivity contribution in [2.24, 2.45) is 0 Å². The minimum Gasteiger partial charge on any atom is -0.326 e. The average molecular weight is 462 g/mol. The molecule has 33 heavy (non-hydrogen) atoms. The molecule has 0 saturated heterocycles. The molecule has 168 valence electrons. The van der Waals surface area contributed by atoms with Gasteiger partial charge in [0.05, 0.1) is 16.8 Å². The highest BCUT2D eigenvalue weighted by Crippen LogP contribution is 2.41. The molecule has 2 aromatic carbocycles. The molecule has 0 spiro atoms. The summed E-state index contributed by atoms with van der Waals surface area (Å²) >= 11 is 1.55. The summed E-state index contributed by atoms with van der Waals surface area (Å²) in [6.45, 7) is 1.84. The van der Waals surface area contributed by atoms with Gasteiger partial charge >= 0.3 is 0 Å². The molecular formula is C24H23N5O3S. The van der Waals surface area contributed by atoms with Gasteiger partial charge in [0.2, 0.25) is 5.91 Å². The maximum atomic E-state index is 12.5. The Morgan fingerprint density at radius 2 is 1.79 bits per heavy atom. The minimum absolute atomic E-state index is 0.124. The number of aromatic nitrogens is 3. The van der Waals surface area contributed by atoms with E-state index in [-0.39, 0.29) is 17.7 Å². The van der Waals surface area contributed by atoms with Crippen molar-refractivity contribution in [3.8, 4) is 5.69 Å². The Balaban J connectivity index is 1.28. The number of imide groups is 1. The number of hydrogen-bond acceptors (Lipinski definition) is 6. The SMILES string of the molecule is CC(=O)Nc1cccc(-n2c(SCCCN3C(=O)c4ccccc4C3=O)nnc2C2CC2)c1. The van der Waals surface area contributed by atoms with Gasteiger partial charge in [0.25, 0.3) is 11.8 Å². The first-order valence-electron chi connectivity index (χ1n) is 10.9. The van der Waals surface area contributed by atoms with Gasteiger partial charge < -0.3 is 5.32 Å². The smallest absolute Gasteiger partial charge is 0.261 e. The van der Waals surface area contributed by atoms with Crippen LogP contribution in [-0.4, -0.2) is 49.7 Å². The molecule has 5 rings (SSSR count). The molecule has 1 aliphatic carbocycles. The van der Waals surface area contributed by atoms with Gasteiger partial charge in [-0.05, 0) is 49.6 Å². The van der Waals surface area contributed by atoms with Crippen molar-refractivity contribution in [2.75, 3.05) is 17.6 Å². The summed E-state index contributed by atoms with van der Waals surface area (Å²) in [4.78, 5) is 37.9. The van der Waals surface area contributed by atoms with E-state index < -0.39 is 0 Å². The molecule has 0 atom stereocenters. The second-order valence-corrected chi connectivity index (χ2v) is 9.25. The van der Waals surface area contributed by atoms with Crippen LogP contribution in [-0.2, 0) is 4.79 Å². The van der Waals surface area contributed by atoms with Crippen LogP contribution in [0.25, 0.3) is 5.69 Å². The average Bonchev–Trinajstić information content (AvgIpc) is 3.52. The summed E-state index contributed by atoms with van der Waals surface area (Å²) in [7, 11) is 0. The minimum atomic E-state index is -0.227. The lowest BCUT2D eigenvalue weighted by atomic mass is 10.1. The van der Waals surface area contributed by atoms with Gasteiger partial charge in [-0.1, -0.05) is 30.0 Å². The number of fused-ring (bicyclic) bond motifs is 1. The summed E-state index contributed by atoms with van der Waals surface area (Å²) < 4.78 is 2.05. The van der Waals surface area contributed by atoms with E-state index in [1.54, 1.807) is 36.0 Å². The lowest BCUT2D eigenvalue weighted by Crippen LogP contribution is -2.31. The molecule has 9 heteroatoms. The highest BCUT2D eigenvalue weighted by molar-refractivity contribution is 7.99. The fourth-order valence-electron chi connectivity index (χ4n) is 3.98. The van der Waals surface area contributed by atoms with E-state index in [2.05, 4.69) is 20.1 Å². The molecule has 3 amide bonds. The quantitative estimate of drug-likeness (QED) is 0.311. The third-order valence-electron chi connectivity index (χ3n) is 5.66. The Hall–Kier alpha value is -3.46. The summed E-state index contributed by atoms with van der Waals surface area (Å²) in [6.07, 6.45) is 2.83. The summed E-state index contributed by atoms with van der Waals surface area (Å²) in [5.41, 5.74) is 2.57. The standard InChI is InChI=1S/C24H23N5O3S/c1-15(30)25-17-6-4-7-18(14-17)29-21(16-10-11-16)26-27-24(29)33-13-5-12-28-22(31)19-8-2-3-9-20(19)23(28)32/h2-4,6-9,14,16H,5,10-13H2,1H3,(H,25,30). The second kappa shape index (κ2) is 8.82. The highest BCUT2D eigenvalue weighted by Gasteiger charge is 2.34. The van der Waals surface area contributed by atoms with Crippen LogP contribution in [0.3, 0.4) is 0 Å². The largest absolute Gasteiger partial charge is 0.326 e. The van der Waals surface area contributed by atoms with Crippen LogP contribution in [0.2, 0.25) is 0 Å². The maximum absolute atomic E-state index is 12.5. The topological polar surface area (TPSA) is 97.2 Å². The third-order valence-corrected chi connectivity index (χ3v) is 6.68. The van der Waals surface area contributed by atoms with E-state index >= 15 is 0 Å². The van der Waals surface area contributed by atoms with Crippen LogP contribution in [0.5, 0.6) is 0 Å². The predicted octanol–water partition coefficient (Wildman–Crippen LogP) is 3.88. The van der Waals surface area contributed by atoms with Crippen LogP contribution in [0.4, 0.5) is 5.69 Å². The maximum Gasteiger partial charge on any atom is 0.261 e. The van der Waals surface area contributed by atoms with Crippen LogP contribution in [0, 0.1) is 0 Å². The number of carbonyl (C=O) groups is 3. The predicted molar refractivity (Wildman–Crippen MR) is 125 cm³/mol. The monoisotopic (exact) mass is 461 g/mol. The molecule has 2 heterocycles. The van der Waals surface area contributed by atoms with Crippen molar-refractivity contribution < 1.29 is 14.4 Å². The van der Waals surface area contributed by atoms with Gasteiger partial charge in [0.15, 0.2) is 5.16 Å². The van der Waals surface area contributed by atoms with Crippen molar-refractivity contribution in [1.82, 2.24) is 19.7 Å². The number of nitrogens with zero attached hydrogens (tertiary/aromatic N) is 4. The van der Waals surface area contributed by atoms with Crippen molar-refractivity contribution in [3.63, 3.8) is 0 Å². The van der Waals surface area contributed by atoms with Gasteiger partial charge in [-0.15, -0.1) is 10.2 Å². The van der Waals surface area contributed by atoms with E-state index in [0.717, 1.165) is 35.2 Å². The van der Waals surface area contributed by atoms with Gasteiger partial charge in [0.1, 0.15) is 5.82 Å². The second-order valence-electron chi connectivity index (χ2n) is 8.19. The van der Waals surface area contributed by atoms with Gasteiger partial charge in [-0.2, -0.15) is 0 Å². The summed E-state index contributed by atoms with van der Waals surface area (Å²) in [5, 5.41) is 12.4. The van der Waals surface area contributed by atoms with E-state index in [0.29, 0.717) is 35.8 Å². The number of rotatable bonds is 8. The van der Waals surface area contributed by atoms with E-state index in [9.17, 15) is 14.4 Å². The summed E-state index contributed by atoms with van der Waals surface area (Å²) in [6, 6.07) is 14.6. The number of thioether (sulfide) groups is 1. The molecule has 8 nitrogen and oxygen atoms in total. The molecule has 1 aliphatic heterocycles. The Morgan fingerprint density at radius 3 is 2.45 bits per heavy atom. The number of benzene rings is 2. The van der Waals surface area contributed by atoms with Crippen molar-refractivity contribution in [2.45, 2.75) is 37.3 Å². The van der Waals surface area contributed by atoms with Crippen molar-refractivity contribution >= 4 is 35.2 Å². The molecule has 1 N–H and O–H groups in total. The van der Waals surface area contributed by atoms with Gasteiger partial charge in [0, 0.05) is 30.8 Å². The zero-order valence-corrected chi connectivity index (χ0v) is 19.0. The lowest BCUT2D eigenvalue weighted by Gasteiger charge is -2.14. The highest BCUT2D eigenvalue weighted by atomic mass is 32.2. The van der Waals surface area contributed by atoms with Crippen LogP contribution in [0.15, 0.2) is 53.7 Å². The molecule has 1 saturated carbocycles. The molecule has 1 fully saturated rings. The molecule has 0 radical (unpaired) electrons. The lowest BCUT2D eigenvalue weighted by molar-refractivity contribution is -0.114. The van der Waals surface area contributed by atoms with Crippen molar-refractivity contribution in [3.05, 3.63) is 65.5 Å². The van der Waals surface area contributed by atoms with Crippen LogP contribution in [0.1, 0.15) is 58.6 Å². The Morgan fingerprint density at radius 1 is 1.06 bits per heavy atom. The van der Waals surface area contributed by atoms with Gasteiger partial charge in [-0.25, -0.2) is 0 Å². The van der Waals surface area contributed by atoms with Crippen LogP contribution >= 0.6 is 11.8 Å². The molecular weight excluding hydrogens is 438 g/mol. The Bertz CT molecular complexity index is 1220. The first-order valence-corrected chi connectivity index (χ1v) is 11.9. The number of amides is 3. The van der Waals surface area contributed by atoms with E-state index in [4.69, 9.17) is 0 Å². The fraction of sp³-hybridized carbons (Fsp3) is 0.292. The van der Waals surface area contributed by atoms with E-state index in [1.165, 1.54) is 11.8 Å². The van der Waals surface area contributed by atoms with E-state index in [1.807, 2.05) is 24.3 Å². The summed E-state index contributed by atoms with van der Waals surface area (Å²) in [5.74, 6) is 1.43. The molecule has 3 aromatic rings. The zero-order chi connectivity index (χ0) is 22.9. The normalized spacial score (nSPS) is 15.1. The van der Waals surface area contributed by atoms with Gasteiger partial charge in [-0.3, -0.25) is 23.9 Å². The molecule has 2 aliphatic rings. The first-order chi connectivity index (χ1) is 16.0. The zero-order valence-electron chi connectivity index (χ0n) is 18.2. The third kappa shape index (κ3) is 4.28. The number of carbonyl (C=O) groups excluding carboxylic acids is 3. The van der Waals surface area contributed by atoms with Crippen molar-refractivity contribution in [1.29, 1.82) is 0 Å². The Kier molecular flexibility index (Phi) is 5.72. The number of hydrogen-bond donors (Lipinski definition) is 1. The number of anilines is 1. The Labute approximate surface area is 195 Å². The fourth-order valence-corrected chi connectivity index (χ4v) is 4.86. The molecule has 0 bridgehead atoms. The van der Waals surface area contributed by atoms with Crippen LogP contribution < -0.4 is 5.32 Å². The molecule has 0 unspecified atom stereocenters. The number of nitrogens with one attached hydrogen (secondary N) is 1. The molecule has 1 aromatic heterocycles. The first kappa shape index (κ1) is 21.4.